The van der Waals surface area contributed by atoms with E-state index in [0.717, 1.165) is 6.08 Å². The van der Waals surface area contributed by atoms with E-state index >= 15 is 0 Å². The minimum Gasteiger partial charge on any atom is -0.478 e. The fourth-order valence-electron chi connectivity index (χ4n) is 1.57. The number of hydrogen-bond donors (Lipinski definition) is 2. The van der Waals surface area contributed by atoms with Crippen LogP contribution in [0.5, 0.6) is 0 Å². The summed E-state index contributed by atoms with van der Waals surface area (Å²) in [6.45, 7) is 0. The predicted molar refractivity (Wildman–Crippen MR) is 72.1 cm³/mol. The second-order valence-electron chi connectivity index (χ2n) is 3.96. The maximum absolute atomic E-state index is 12.1. The summed E-state index contributed by atoms with van der Waals surface area (Å²) in [7, 11) is 1.74. The van der Waals surface area contributed by atoms with E-state index in [4.69, 9.17) is 5.11 Å². The molecule has 2 aromatic heterocycles. The highest BCUT2D eigenvalue weighted by Crippen LogP contribution is 2.12. The van der Waals surface area contributed by atoms with Crippen molar-refractivity contribution in [2.75, 3.05) is 5.32 Å². The zero-order valence-electron chi connectivity index (χ0n) is 10.6. The maximum Gasteiger partial charge on any atom is 0.328 e. The smallest absolute Gasteiger partial charge is 0.328 e. The summed E-state index contributed by atoms with van der Waals surface area (Å²) < 4.78 is 1.56. The van der Waals surface area contributed by atoms with Gasteiger partial charge in [-0.1, -0.05) is 0 Å². The van der Waals surface area contributed by atoms with E-state index in [1.807, 2.05) is 0 Å². The van der Waals surface area contributed by atoms with E-state index in [9.17, 15) is 9.59 Å². The molecule has 0 aromatic carbocycles. The zero-order valence-corrected chi connectivity index (χ0v) is 10.6. The van der Waals surface area contributed by atoms with Crippen LogP contribution >= 0.6 is 0 Å². The monoisotopic (exact) mass is 272 g/mol. The van der Waals surface area contributed by atoms with Gasteiger partial charge in [-0.2, -0.15) is 5.10 Å². The summed E-state index contributed by atoms with van der Waals surface area (Å²) in [5.41, 5.74) is 0.742. The first-order valence-corrected chi connectivity index (χ1v) is 5.72. The molecule has 0 aliphatic carbocycles. The van der Waals surface area contributed by atoms with Gasteiger partial charge in [0.1, 0.15) is 0 Å². The Morgan fingerprint density at radius 3 is 2.85 bits per heavy atom. The molecule has 2 aromatic rings. The highest BCUT2D eigenvalue weighted by Gasteiger charge is 2.11. The number of anilines is 1. The normalized spacial score (nSPS) is 10.7. The zero-order chi connectivity index (χ0) is 14.5. The Balaban J connectivity index is 2.23. The van der Waals surface area contributed by atoms with Crippen molar-refractivity contribution in [1.82, 2.24) is 14.8 Å². The predicted octanol–water partition coefficient (Wildman–Crippen LogP) is 1.17. The third-order valence-electron chi connectivity index (χ3n) is 2.46. The number of aryl methyl sites for hydroxylation is 1. The van der Waals surface area contributed by atoms with Crippen LogP contribution in [0.1, 0.15) is 15.9 Å². The van der Waals surface area contributed by atoms with Gasteiger partial charge in [-0.05, 0) is 12.1 Å². The number of rotatable bonds is 4. The van der Waals surface area contributed by atoms with E-state index in [0.29, 0.717) is 16.9 Å². The standard InChI is InChI=1S/C13H12N4O3/c1-17-7-5-11(16-17)15-13(20)10-4-6-14-8-9(10)2-3-12(18)19/h2-8H,1H3,(H,18,19)(H,15,16,20). The van der Waals surface area contributed by atoms with Crippen molar-refractivity contribution in [1.29, 1.82) is 0 Å². The van der Waals surface area contributed by atoms with Crippen LogP contribution in [-0.4, -0.2) is 31.7 Å². The van der Waals surface area contributed by atoms with Crippen LogP contribution in [0.25, 0.3) is 6.08 Å². The molecule has 7 nitrogen and oxygen atoms in total. The number of carboxylic acids is 1. The summed E-state index contributed by atoms with van der Waals surface area (Å²) >= 11 is 0. The van der Waals surface area contributed by atoms with E-state index < -0.39 is 5.97 Å². The molecule has 1 amide bonds. The van der Waals surface area contributed by atoms with Crippen molar-refractivity contribution < 1.29 is 14.7 Å². The molecule has 0 saturated carbocycles. The first kappa shape index (κ1) is 13.5. The Kier molecular flexibility index (Phi) is 3.90. The molecule has 0 radical (unpaired) electrons. The van der Waals surface area contributed by atoms with E-state index in [1.54, 1.807) is 24.0 Å². The SMILES string of the molecule is Cn1ccc(NC(=O)c2ccncc2C=CC(=O)O)n1. The molecule has 20 heavy (non-hydrogen) atoms. The van der Waals surface area contributed by atoms with Gasteiger partial charge in [-0.15, -0.1) is 0 Å². The van der Waals surface area contributed by atoms with Crippen LogP contribution < -0.4 is 5.32 Å². The molecule has 2 rings (SSSR count). The number of nitrogens with one attached hydrogen (secondary N) is 1. The van der Waals surface area contributed by atoms with Gasteiger partial charge in [0.05, 0.1) is 5.56 Å². The van der Waals surface area contributed by atoms with Crippen LogP contribution in [0, 0.1) is 0 Å². The molecular formula is C13H12N4O3. The molecule has 0 saturated heterocycles. The van der Waals surface area contributed by atoms with Gasteiger partial charge in [0.25, 0.3) is 5.91 Å². The number of carboxylic acid groups (broad SMARTS) is 1. The van der Waals surface area contributed by atoms with Crippen molar-refractivity contribution in [2.45, 2.75) is 0 Å². The lowest BCUT2D eigenvalue weighted by atomic mass is 10.1. The molecular weight excluding hydrogens is 260 g/mol. The molecule has 7 heteroatoms. The number of hydrogen-bond acceptors (Lipinski definition) is 4. The number of carbonyl (C=O) groups is 2. The summed E-state index contributed by atoms with van der Waals surface area (Å²) in [5, 5.41) is 15.3. The lowest BCUT2D eigenvalue weighted by Crippen LogP contribution is -2.14. The van der Waals surface area contributed by atoms with Gasteiger partial charge in [-0.3, -0.25) is 14.5 Å². The molecule has 2 N–H and O–H groups in total. The van der Waals surface area contributed by atoms with Gasteiger partial charge in [0.2, 0.25) is 0 Å². The number of carbonyl (C=O) groups excluding carboxylic acids is 1. The molecule has 0 spiro atoms. The van der Waals surface area contributed by atoms with Crippen molar-refractivity contribution in [2.24, 2.45) is 7.05 Å². The lowest BCUT2D eigenvalue weighted by molar-refractivity contribution is -0.131. The lowest BCUT2D eigenvalue weighted by Gasteiger charge is -2.05. The van der Waals surface area contributed by atoms with Crippen LogP contribution in [0.3, 0.4) is 0 Å². The van der Waals surface area contributed by atoms with Crippen LogP contribution in [0.4, 0.5) is 5.82 Å². The van der Waals surface area contributed by atoms with E-state index in [2.05, 4.69) is 15.4 Å². The number of amides is 1. The van der Waals surface area contributed by atoms with Crippen LogP contribution in [0.15, 0.2) is 36.8 Å². The average molecular weight is 272 g/mol. The minimum atomic E-state index is -1.09. The minimum absolute atomic E-state index is 0.322. The highest BCUT2D eigenvalue weighted by atomic mass is 16.4. The van der Waals surface area contributed by atoms with E-state index in [1.165, 1.54) is 24.5 Å². The first-order valence-electron chi connectivity index (χ1n) is 5.72. The second-order valence-corrected chi connectivity index (χ2v) is 3.96. The van der Waals surface area contributed by atoms with Crippen LogP contribution in [-0.2, 0) is 11.8 Å². The summed E-state index contributed by atoms with van der Waals surface area (Å²) in [6.07, 6.45) is 6.86. The highest BCUT2D eigenvalue weighted by molar-refractivity contribution is 6.06. The van der Waals surface area contributed by atoms with E-state index in [-0.39, 0.29) is 5.91 Å². The van der Waals surface area contributed by atoms with Gasteiger partial charge in [-0.25, -0.2) is 4.79 Å². The van der Waals surface area contributed by atoms with Crippen molar-refractivity contribution >= 4 is 23.8 Å². The number of nitrogens with zero attached hydrogens (tertiary/aromatic N) is 3. The van der Waals surface area contributed by atoms with Gasteiger partial charge < -0.3 is 10.4 Å². The third-order valence-corrected chi connectivity index (χ3v) is 2.46. The molecule has 0 aliphatic rings. The van der Waals surface area contributed by atoms with Crippen LogP contribution in [0.2, 0.25) is 0 Å². The van der Waals surface area contributed by atoms with Crippen molar-refractivity contribution in [3.8, 4) is 0 Å². The van der Waals surface area contributed by atoms with Gasteiger partial charge in [0, 0.05) is 43.3 Å². The molecule has 0 aliphatic heterocycles. The third kappa shape index (κ3) is 3.29. The largest absolute Gasteiger partial charge is 0.478 e. The first-order chi connectivity index (χ1) is 9.56. The summed E-state index contributed by atoms with van der Waals surface area (Å²) in [6, 6.07) is 3.17. The Bertz CT molecular complexity index is 676. The number of aromatic nitrogens is 3. The Hall–Kier alpha value is -2.96. The summed E-state index contributed by atoms with van der Waals surface area (Å²) in [4.78, 5) is 26.5. The quantitative estimate of drug-likeness (QED) is 0.814. The van der Waals surface area contributed by atoms with Crippen molar-refractivity contribution in [3.63, 3.8) is 0 Å². The average Bonchev–Trinajstić information content (AvgIpc) is 2.82. The van der Waals surface area contributed by atoms with Crippen molar-refractivity contribution in [3.05, 3.63) is 47.9 Å². The Morgan fingerprint density at radius 2 is 2.20 bits per heavy atom. The molecule has 102 valence electrons. The summed E-state index contributed by atoms with van der Waals surface area (Å²) in [5.74, 6) is -1.05. The fourth-order valence-corrected chi connectivity index (χ4v) is 1.57. The Morgan fingerprint density at radius 1 is 1.40 bits per heavy atom. The van der Waals surface area contributed by atoms with Gasteiger partial charge >= 0.3 is 5.97 Å². The number of pyridine rings is 1. The maximum atomic E-state index is 12.1. The molecule has 0 unspecified atom stereocenters. The molecule has 0 bridgehead atoms. The molecule has 0 fully saturated rings. The molecule has 2 heterocycles. The van der Waals surface area contributed by atoms with Gasteiger partial charge in [0.15, 0.2) is 5.82 Å². The number of aliphatic carboxylic acids is 1. The molecule has 0 atom stereocenters. The Labute approximate surface area is 114 Å². The topological polar surface area (TPSA) is 97.1 Å². The second kappa shape index (κ2) is 5.79. The fraction of sp³-hybridized carbons (Fsp3) is 0.0769.